The molecule has 204 valence electrons. The fourth-order valence-electron chi connectivity index (χ4n) is 6.02. The molecule has 2 saturated heterocycles. The summed E-state index contributed by atoms with van der Waals surface area (Å²) in [6, 6.07) is 17.5. The molecule has 10 heteroatoms. The molecule has 0 saturated carbocycles. The topological polar surface area (TPSA) is 124 Å². The number of aryl methyl sites for hydroxylation is 2. The molecule has 2 fully saturated rings. The molecule has 2 N–H and O–H groups in total. The number of aliphatic carboxylic acids is 1. The minimum atomic E-state index is -3.58. The van der Waals surface area contributed by atoms with Crippen LogP contribution in [0.4, 0.5) is 0 Å². The molecule has 2 aliphatic heterocycles. The Morgan fingerprint density at radius 3 is 2.00 bits per heavy atom. The van der Waals surface area contributed by atoms with Crippen LogP contribution in [0.3, 0.4) is 0 Å². The normalized spacial score (nSPS) is 21.8. The third-order valence-electron chi connectivity index (χ3n) is 8.04. The zero-order valence-electron chi connectivity index (χ0n) is 23.0. The molecule has 0 spiro atoms. The maximum Gasteiger partial charge on any atom is 1.00 e. The van der Waals surface area contributed by atoms with E-state index < -0.39 is 36.4 Å². The van der Waals surface area contributed by atoms with Gasteiger partial charge >= 0.3 is 29.6 Å². The second-order valence-electron chi connectivity index (χ2n) is 10.5. The van der Waals surface area contributed by atoms with E-state index in [-0.39, 0.29) is 60.8 Å². The molecular weight excluding hydrogens is 524 g/mol. The van der Waals surface area contributed by atoms with Crippen LogP contribution in [0.2, 0.25) is 0 Å². The number of likely N-dealkylation sites (tertiary alicyclic amines) is 2. The summed E-state index contributed by atoms with van der Waals surface area (Å²) in [5, 5.41) is 11.2. The predicted octanol–water partition coefficient (Wildman–Crippen LogP) is -0.754. The van der Waals surface area contributed by atoms with Gasteiger partial charge < -0.3 is 30.0 Å². The van der Waals surface area contributed by atoms with Crippen LogP contribution in [-0.2, 0) is 31.8 Å². The number of rotatable bonds is 10. The number of carboxylic acids is 1. The largest absolute Gasteiger partial charge is 1.00 e. The number of hydrogen-bond donors (Lipinski definition) is 1. The number of carboxylic acid groups (broad SMARTS) is 1. The number of nitrogens with two attached hydrogens (primary N) is 1. The molecule has 2 aromatic rings. The van der Waals surface area contributed by atoms with Gasteiger partial charge in [-0.05, 0) is 56.6 Å². The van der Waals surface area contributed by atoms with Gasteiger partial charge in [-0.1, -0.05) is 60.7 Å². The average Bonchev–Trinajstić information content (AvgIpc) is 3.60. The Hall–Kier alpha value is -1.96. The average molecular weight is 562 g/mol. The number of nitrogens with zero attached hydrogens (tertiary/aromatic N) is 2. The minimum Gasteiger partial charge on any atom is -0.547 e. The maximum absolute atomic E-state index is 15.1. The van der Waals surface area contributed by atoms with Gasteiger partial charge in [0.2, 0.25) is 11.8 Å². The number of amides is 2. The summed E-state index contributed by atoms with van der Waals surface area (Å²) in [6.45, 7) is 2.14. The van der Waals surface area contributed by atoms with Crippen LogP contribution in [0.1, 0.15) is 43.7 Å². The molecule has 4 rings (SSSR count). The van der Waals surface area contributed by atoms with Crippen molar-refractivity contribution in [2.45, 2.75) is 62.8 Å². The molecule has 39 heavy (non-hydrogen) atoms. The Bertz CT molecular complexity index is 1150. The van der Waals surface area contributed by atoms with Crippen molar-refractivity contribution in [2.75, 3.05) is 25.4 Å². The van der Waals surface area contributed by atoms with Crippen molar-refractivity contribution < 1.29 is 53.6 Å². The van der Waals surface area contributed by atoms with E-state index in [0.29, 0.717) is 38.6 Å². The second-order valence-corrected chi connectivity index (χ2v) is 13.9. The van der Waals surface area contributed by atoms with Gasteiger partial charge in [0.1, 0.15) is 18.5 Å². The first-order valence-corrected chi connectivity index (χ1v) is 15.5. The number of benzene rings is 2. The SMILES string of the molecule is C[C@H](N)C(=O)N1CCC[C@H]1C(=O)N1CCC[C@]1(C(=O)[O-])P(=O)(CCc1ccccc1)CCc1ccccc1.[Na+]. The molecule has 0 unspecified atom stereocenters. The Labute approximate surface area is 253 Å². The molecule has 2 amide bonds. The standard InChI is InChI=1S/C29H38N3O5P.Na/c1-22(30)26(33)31-18-8-14-25(31)27(34)32-19-9-17-29(32,28(35)36)38(37,20-15-23-10-4-2-5-11-23)21-16-24-12-6-3-7-13-24;/h2-7,10-13,22,25H,8-9,14-21,30H2,1H3,(H,35,36);/q;+1/p-1/t22-,25-,29+;/m0./s1. The number of carbonyl (C=O) groups is 3. The van der Waals surface area contributed by atoms with E-state index in [9.17, 15) is 19.5 Å². The smallest absolute Gasteiger partial charge is 0.547 e. The van der Waals surface area contributed by atoms with Crippen LogP contribution in [0.5, 0.6) is 0 Å². The molecule has 3 atom stereocenters. The molecule has 0 aliphatic carbocycles. The molecule has 2 heterocycles. The predicted molar refractivity (Wildman–Crippen MR) is 145 cm³/mol. The van der Waals surface area contributed by atoms with Gasteiger partial charge in [-0.3, -0.25) is 9.59 Å². The van der Waals surface area contributed by atoms with Crippen molar-refractivity contribution in [1.29, 1.82) is 0 Å². The fraction of sp³-hybridized carbons (Fsp3) is 0.483. The van der Waals surface area contributed by atoms with Crippen LogP contribution >= 0.6 is 7.14 Å². The molecule has 8 nitrogen and oxygen atoms in total. The summed E-state index contributed by atoms with van der Waals surface area (Å²) in [6.07, 6.45) is 2.70. The van der Waals surface area contributed by atoms with E-state index in [2.05, 4.69) is 0 Å². The summed E-state index contributed by atoms with van der Waals surface area (Å²) in [5.41, 5.74) is 7.75. The van der Waals surface area contributed by atoms with Crippen LogP contribution in [-0.4, -0.2) is 70.4 Å². The third-order valence-corrected chi connectivity index (χ3v) is 11.9. The second kappa shape index (κ2) is 13.6. The first-order chi connectivity index (χ1) is 18.2. The van der Waals surface area contributed by atoms with Crippen molar-refractivity contribution in [1.82, 2.24) is 9.80 Å². The Morgan fingerprint density at radius 1 is 0.974 bits per heavy atom. The van der Waals surface area contributed by atoms with Crippen molar-refractivity contribution in [3.8, 4) is 0 Å². The Kier molecular flexibility index (Phi) is 11.0. The van der Waals surface area contributed by atoms with Crippen LogP contribution in [0, 0.1) is 0 Å². The Morgan fingerprint density at radius 2 is 1.51 bits per heavy atom. The van der Waals surface area contributed by atoms with Crippen LogP contribution in [0.15, 0.2) is 60.7 Å². The molecule has 2 aliphatic rings. The summed E-state index contributed by atoms with van der Waals surface area (Å²) < 4.78 is 15.1. The summed E-state index contributed by atoms with van der Waals surface area (Å²) in [7, 11) is -3.58. The van der Waals surface area contributed by atoms with Crippen molar-refractivity contribution in [3.63, 3.8) is 0 Å². The van der Waals surface area contributed by atoms with E-state index in [1.807, 2.05) is 60.7 Å². The minimum absolute atomic E-state index is 0. The summed E-state index contributed by atoms with van der Waals surface area (Å²) in [4.78, 5) is 42.5. The van der Waals surface area contributed by atoms with Crippen molar-refractivity contribution >= 4 is 24.9 Å². The van der Waals surface area contributed by atoms with E-state index >= 15 is 4.57 Å². The van der Waals surface area contributed by atoms with Crippen molar-refractivity contribution in [3.05, 3.63) is 71.8 Å². The van der Waals surface area contributed by atoms with Gasteiger partial charge in [0.25, 0.3) is 0 Å². The van der Waals surface area contributed by atoms with Gasteiger partial charge in [-0.2, -0.15) is 0 Å². The number of carbonyl (C=O) groups excluding carboxylic acids is 3. The molecule has 0 bridgehead atoms. The van der Waals surface area contributed by atoms with E-state index in [4.69, 9.17) is 5.73 Å². The first-order valence-electron chi connectivity index (χ1n) is 13.4. The zero-order chi connectivity index (χ0) is 27.3. The van der Waals surface area contributed by atoms with E-state index in [0.717, 1.165) is 11.1 Å². The van der Waals surface area contributed by atoms with E-state index in [1.165, 1.54) is 9.80 Å². The van der Waals surface area contributed by atoms with Gasteiger partial charge in [-0.25, -0.2) is 0 Å². The quantitative estimate of drug-likeness (QED) is 0.301. The third kappa shape index (κ3) is 6.52. The molecule has 2 aromatic carbocycles. The maximum atomic E-state index is 15.1. The van der Waals surface area contributed by atoms with Gasteiger partial charge in [0.15, 0.2) is 0 Å². The number of hydrogen-bond acceptors (Lipinski definition) is 6. The van der Waals surface area contributed by atoms with Crippen LogP contribution < -0.4 is 40.4 Å². The Balaban J connectivity index is 0.00000420. The molecule has 0 aromatic heterocycles. The summed E-state index contributed by atoms with van der Waals surface area (Å²) >= 11 is 0. The first kappa shape index (κ1) is 31.6. The monoisotopic (exact) mass is 561 g/mol. The van der Waals surface area contributed by atoms with E-state index in [1.54, 1.807) is 6.92 Å². The summed E-state index contributed by atoms with van der Waals surface area (Å²) in [5.74, 6) is -2.26. The zero-order valence-corrected chi connectivity index (χ0v) is 25.9. The van der Waals surface area contributed by atoms with Crippen molar-refractivity contribution in [2.24, 2.45) is 5.73 Å². The van der Waals surface area contributed by atoms with Gasteiger partial charge in [0.05, 0.1) is 12.0 Å². The fourth-order valence-corrected chi connectivity index (χ4v) is 9.76. The van der Waals surface area contributed by atoms with Gasteiger partial charge in [0, 0.05) is 25.4 Å². The molecule has 0 radical (unpaired) electrons. The molecular formula is C29H37N3NaO5P. The van der Waals surface area contributed by atoms with Gasteiger partial charge in [-0.15, -0.1) is 0 Å². The van der Waals surface area contributed by atoms with Crippen LogP contribution in [0.25, 0.3) is 0 Å².